The smallest absolute Gasteiger partial charge is 0.232 e. The number of hydrogen-bond acceptors (Lipinski definition) is 5. The van der Waals surface area contributed by atoms with Gasteiger partial charge in [-0.05, 0) is 44.8 Å². The monoisotopic (exact) mass is 294 g/mol. The average Bonchev–Trinajstić information content (AvgIpc) is 2.89. The second kappa shape index (κ2) is 7.36. The third kappa shape index (κ3) is 5.08. The summed E-state index contributed by atoms with van der Waals surface area (Å²) in [5.41, 5.74) is -0.0735. The lowest BCUT2D eigenvalue weighted by atomic mass is 9.97. The van der Waals surface area contributed by atoms with Crippen LogP contribution in [0, 0.1) is 5.92 Å². The van der Waals surface area contributed by atoms with Crippen molar-refractivity contribution in [1.82, 2.24) is 20.4 Å². The number of hydrogen-bond donors (Lipinski definition) is 1. The van der Waals surface area contributed by atoms with Crippen molar-refractivity contribution in [3.8, 4) is 0 Å². The third-order valence-corrected chi connectivity index (χ3v) is 3.99. The highest BCUT2D eigenvalue weighted by atomic mass is 16.5. The molecule has 0 bridgehead atoms. The fourth-order valence-electron chi connectivity index (χ4n) is 2.80. The molecule has 1 aromatic heterocycles. The molecule has 0 aliphatic carbocycles. The van der Waals surface area contributed by atoms with Gasteiger partial charge < -0.3 is 9.84 Å². The summed E-state index contributed by atoms with van der Waals surface area (Å²) in [5.74, 6) is 2.35. The Balaban J connectivity index is 1.93. The lowest BCUT2D eigenvalue weighted by Gasteiger charge is -2.29. The highest BCUT2D eigenvalue weighted by Gasteiger charge is 2.23. The van der Waals surface area contributed by atoms with E-state index < -0.39 is 0 Å². The topological polar surface area (TPSA) is 54.2 Å². The van der Waals surface area contributed by atoms with E-state index in [2.05, 4.69) is 48.1 Å². The first-order valence-electron chi connectivity index (χ1n) is 8.25. The van der Waals surface area contributed by atoms with E-state index in [-0.39, 0.29) is 5.41 Å². The van der Waals surface area contributed by atoms with Gasteiger partial charge in [0.1, 0.15) is 0 Å². The molecular formula is C16H30N4O. The molecule has 1 fully saturated rings. The first-order valence-corrected chi connectivity index (χ1v) is 8.25. The minimum Gasteiger partial charge on any atom is -0.339 e. The Morgan fingerprint density at radius 1 is 1.29 bits per heavy atom. The van der Waals surface area contributed by atoms with Crippen molar-refractivity contribution in [3.05, 3.63) is 11.7 Å². The lowest BCUT2D eigenvalue weighted by Crippen LogP contribution is -2.36. The van der Waals surface area contributed by atoms with Crippen LogP contribution in [0.4, 0.5) is 0 Å². The van der Waals surface area contributed by atoms with Crippen LogP contribution in [0.15, 0.2) is 4.52 Å². The molecule has 0 spiro atoms. The molecule has 0 atom stereocenters. The summed E-state index contributed by atoms with van der Waals surface area (Å²) < 4.78 is 5.40. The molecule has 21 heavy (non-hydrogen) atoms. The van der Waals surface area contributed by atoms with Crippen LogP contribution < -0.4 is 5.32 Å². The zero-order valence-electron chi connectivity index (χ0n) is 14.0. The minimum absolute atomic E-state index is 0.0735. The second-order valence-corrected chi connectivity index (χ2v) is 7.19. The van der Waals surface area contributed by atoms with Crippen LogP contribution in [0.3, 0.4) is 0 Å². The van der Waals surface area contributed by atoms with Crippen LogP contribution in [-0.4, -0.2) is 41.2 Å². The molecular weight excluding hydrogens is 264 g/mol. The van der Waals surface area contributed by atoms with Gasteiger partial charge in [0, 0.05) is 12.0 Å². The van der Waals surface area contributed by atoms with Gasteiger partial charge in [0.05, 0.1) is 6.54 Å². The first kappa shape index (κ1) is 16.4. The van der Waals surface area contributed by atoms with E-state index >= 15 is 0 Å². The molecule has 1 aliphatic rings. The zero-order chi connectivity index (χ0) is 15.3. The molecule has 5 nitrogen and oxygen atoms in total. The summed E-state index contributed by atoms with van der Waals surface area (Å²) in [6, 6.07) is 0. The van der Waals surface area contributed by atoms with Crippen molar-refractivity contribution >= 4 is 0 Å². The van der Waals surface area contributed by atoms with Crippen molar-refractivity contribution in [2.24, 2.45) is 5.92 Å². The van der Waals surface area contributed by atoms with Gasteiger partial charge in [0.2, 0.25) is 5.89 Å². The summed E-state index contributed by atoms with van der Waals surface area (Å²) in [6.07, 6.45) is 3.72. The maximum Gasteiger partial charge on any atom is 0.232 e. The molecule has 5 heteroatoms. The summed E-state index contributed by atoms with van der Waals surface area (Å²) in [7, 11) is 0. The number of rotatable bonds is 6. The maximum absolute atomic E-state index is 5.40. The van der Waals surface area contributed by atoms with Gasteiger partial charge in [-0.1, -0.05) is 32.9 Å². The van der Waals surface area contributed by atoms with E-state index in [0.29, 0.717) is 0 Å². The zero-order valence-corrected chi connectivity index (χ0v) is 14.0. The molecule has 0 unspecified atom stereocenters. The summed E-state index contributed by atoms with van der Waals surface area (Å²) in [6.45, 7) is 13.9. The van der Waals surface area contributed by atoms with Crippen LogP contribution >= 0.6 is 0 Å². The van der Waals surface area contributed by atoms with Gasteiger partial charge in [-0.2, -0.15) is 4.98 Å². The number of nitrogens with zero attached hydrogens (tertiary/aromatic N) is 3. The van der Waals surface area contributed by atoms with Crippen LogP contribution in [0.5, 0.6) is 0 Å². The Kier molecular flexibility index (Phi) is 5.76. The van der Waals surface area contributed by atoms with Gasteiger partial charge in [-0.25, -0.2) is 0 Å². The molecule has 0 saturated carbocycles. The Hall–Kier alpha value is -0.940. The molecule has 0 aromatic carbocycles. The predicted octanol–water partition coefficient (Wildman–Crippen LogP) is 2.58. The van der Waals surface area contributed by atoms with Crippen molar-refractivity contribution in [1.29, 1.82) is 0 Å². The molecule has 120 valence electrons. The molecule has 0 amide bonds. The van der Waals surface area contributed by atoms with E-state index in [1.807, 2.05) is 0 Å². The maximum atomic E-state index is 5.40. The fourth-order valence-corrected chi connectivity index (χ4v) is 2.80. The molecule has 2 heterocycles. The van der Waals surface area contributed by atoms with Crippen molar-refractivity contribution < 1.29 is 4.52 Å². The van der Waals surface area contributed by atoms with E-state index in [0.717, 1.165) is 56.8 Å². The normalized spacial score (nSPS) is 17.6. The quantitative estimate of drug-likeness (QED) is 0.874. The number of aromatic nitrogens is 2. The Labute approximate surface area is 128 Å². The van der Waals surface area contributed by atoms with E-state index in [9.17, 15) is 0 Å². The van der Waals surface area contributed by atoms with E-state index in [1.165, 1.54) is 12.8 Å². The van der Waals surface area contributed by atoms with Gasteiger partial charge in [-0.3, -0.25) is 4.90 Å². The van der Waals surface area contributed by atoms with E-state index in [4.69, 9.17) is 4.52 Å². The van der Waals surface area contributed by atoms with Crippen LogP contribution in [-0.2, 0) is 12.0 Å². The average molecular weight is 294 g/mol. The molecule has 1 aliphatic heterocycles. The minimum atomic E-state index is -0.0735. The van der Waals surface area contributed by atoms with Crippen molar-refractivity contribution in [2.45, 2.75) is 58.9 Å². The predicted molar refractivity (Wildman–Crippen MR) is 84.2 cm³/mol. The van der Waals surface area contributed by atoms with Crippen molar-refractivity contribution in [2.75, 3.05) is 26.2 Å². The van der Waals surface area contributed by atoms with Crippen LogP contribution in [0.25, 0.3) is 0 Å². The Morgan fingerprint density at radius 3 is 2.57 bits per heavy atom. The summed E-state index contributed by atoms with van der Waals surface area (Å²) in [5, 5.41) is 7.59. The molecule has 1 N–H and O–H groups in total. The number of nitrogens with one attached hydrogen (secondary N) is 1. The van der Waals surface area contributed by atoms with Crippen LogP contribution in [0.2, 0.25) is 0 Å². The Morgan fingerprint density at radius 2 is 2.00 bits per heavy atom. The number of piperidine rings is 1. The van der Waals surface area contributed by atoms with Gasteiger partial charge >= 0.3 is 0 Å². The molecule has 0 radical (unpaired) electrons. The largest absolute Gasteiger partial charge is 0.339 e. The molecule has 2 rings (SSSR count). The van der Waals surface area contributed by atoms with Crippen LogP contribution in [0.1, 0.15) is 58.7 Å². The second-order valence-electron chi connectivity index (χ2n) is 7.19. The highest BCUT2D eigenvalue weighted by Crippen LogP contribution is 2.20. The van der Waals surface area contributed by atoms with E-state index in [1.54, 1.807) is 0 Å². The fraction of sp³-hybridized carbons (Fsp3) is 0.875. The lowest BCUT2D eigenvalue weighted by molar-refractivity contribution is 0.193. The van der Waals surface area contributed by atoms with Gasteiger partial charge in [0.15, 0.2) is 5.82 Å². The molecule has 1 saturated heterocycles. The first-order chi connectivity index (χ1) is 9.99. The standard InChI is InChI=1S/C16H30N4O/c1-5-10-20(11-13-6-8-17-9-7-13)12-14-18-15(21-19-14)16(2,3)4/h13,17H,5-12H2,1-4H3. The van der Waals surface area contributed by atoms with Gasteiger partial charge in [0.25, 0.3) is 0 Å². The highest BCUT2D eigenvalue weighted by molar-refractivity contribution is 4.98. The Bertz CT molecular complexity index is 418. The van der Waals surface area contributed by atoms with Crippen molar-refractivity contribution in [3.63, 3.8) is 0 Å². The van der Waals surface area contributed by atoms with Gasteiger partial charge in [-0.15, -0.1) is 0 Å². The summed E-state index contributed by atoms with van der Waals surface area (Å²) in [4.78, 5) is 7.04. The SMILES string of the molecule is CCCN(Cc1noc(C(C)(C)C)n1)CC1CCNCC1. The molecule has 1 aromatic rings. The third-order valence-electron chi connectivity index (χ3n) is 3.99. The summed E-state index contributed by atoms with van der Waals surface area (Å²) >= 11 is 0.